The van der Waals surface area contributed by atoms with Crippen LogP contribution in [0.5, 0.6) is 0 Å². The fourth-order valence-corrected chi connectivity index (χ4v) is 1.99. The molecular weight excluding hydrogens is 200 g/mol. The lowest BCUT2D eigenvalue weighted by Crippen LogP contribution is -1.96. The minimum atomic E-state index is 0.881. The van der Waals surface area contributed by atoms with Crippen molar-refractivity contribution in [1.29, 1.82) is 0 Å². The van der Waals surface area contributed by atoms with Crippen LogP contribution in [0.2, 0.25) is 0 Å². The molecule has 0 aliphatic rings. The predicted octanol–water partition coefficient (Wildman–Crippen LogP) is 4.23. The van der Waals surface area contributed by atoms with E-state index in [-0.39, 0.29) is 0 Å². The van der Waals surface area contributed by atoms with E-state index in [4.69, 9.17) is 0 Å². The monoisotopic (exact) mass is 220 g/mol. The summed E-state index contributed by atoms with van der Waals surface area (Å²) in [6.07, 6.45) is 5.54. The maximum absolute atomic E-state index is 3.47. The molecule has 11 heavy (non-hydrogen) atoms. The summed E-state index contributed by atoms with van der Waals surface area (Å²) in [6, 6.07) is 0. The summed E-state index contributed by atoms with van der Waals surface area (Å²) in [6.45, 7) is 6.95. The Morgan fingerprint density at radius 3 is 2.09 bits per heavy atom. The highest BCUT2D eigenvalue weighted by Gasteiger charge is 2.01. The van der Waals surface area contributed by atoms with Crippen LogP contribution >= 0.6 is 15.9 Å². The molecule has 0 fully saturated rings. The van der Waals surface area contributed by atoms with Gasteiger partial charge in [0.15, 0.2) is 0 Å². The third kappa shape index (κ3) is 8.39. The van der Waals surface area contributed by atoms with E-state index in [9.17, 15) is 0 Å². The Balaban J connectivity index is 3.10. The summed E-state index contributed by atoms with van der Waals surface area (Å²) in [4.78, 5) is 0. The maximum Gasteiger partial charge on any atom is 0.00338 e. The fraction of sp³-hybridized carbons (Fsp3) is 1.00. The second-order valence-electron chi connectivity index (χ2n) is 3.91. The molecule has 0 heterocycles. The van der Waals surface area contributed by atoms with E-state index < -0.39 is 0 Å². The number of alkyl halides is 1. The standard InChI is InChI=1S/C10H21Br/c1-9(2)5-4-6-10(3)7-8-11/h9-10H,4-8H2,1-3H3. The van der Waals surface area contributed by atoms with Crippen LogP contribution in [0.4, 0.5) is 0 Å². The van der Waals surface area contributed by atoms with Gasteiger partial charge in [-0.05, 0) is 18.3 Å². The molecule has 0 rings (SSSR count). The Labute approximate surface area is 79.9 Å². The van der Waals surface area contributed by atoms with E-state index in [0.29, 0.717) is 0 Å². The molecule has 0 spiro atoms. The fourth-order valence-electron chi connectivity index (χ4n) is 1.21. The molecule has 0 nitrogen and oxygen atoms in total. The van der Waals surface area contributed by atoms with Gasteiger partial charge in [-0.2, -0.15) is 0 Å². The van der Waals surface area contributed by atoms with E-state index in [1.165, 1.54) is 25.7 Å². The van der Waals surface area contributed by atoms with Crippen molar-refractivity contribution in [2.24, 2.45) is 11.8 Å². The molecule has 0 amide bonds. The van der Waals surface area contributed by atoms with Gasteiger partial charge in [0, 0.05) is 5.33 Å². The zero-order chi connectivity index (χ0) is 8.69. The van der Waals surface area contributed by atoms with Gasteiger partial charge in [-0.25, -0.2) is 0 Å². The smallest absolute Gasteiger partial charge is 0.00338 e. The Morgan fingerprint density at radius 2 is 1.64 bits per heavy atom. The van der Waals surface area contributed by atoms with E-state index in [2.05, 4.69) is 36.7 Å². The lowest BCUT2D eigenvalue weighted by molar-refractivity contribution is 0.452. The van der Waals surface area contributed by atoms with Gasteiger partial charge in [0.2, 0.25) is 0 Å². The molecule has 1 unspecified atom stereocenters. The average Bonchev–Trinajstić information content (AvgIpc) is 1.87. The summed E-state index contributed by atoms with van der Waals surface area (Å²) < 4.78 is 0. The van der Waals surface area contributed by atoms with Crippen LogP contribution in [0.3, 0.4) is 0 Å². The minimum absolute atomic E-state index is 0.881. The van der Waals surface area contributed by atoms with Crippen LogP contribution in [0, 0.1) is 11.8 Å². The first-order valence-corrected chi connectivity index (χ1v) is 5.85. The topological polar surface area (TPSA) is 0 Å². The molecule has 0 aliphatic carbocycles. The van der Waals surface area contributed by atoms with Crippen molar-refractivity contribution >= 4 is 15.9 Å². The molecule has 1 atom stereocenters. The zero-order valence-corrected chi connectivity index (χ0v) is 9.65. The van der Waals surface area contributed by atoms with E-state index in [0.717, 1.165) is 17.2 Å². The summed E-state index contributed by atoms with van der Waals surface area (Å²) in [5.41, 5.74) is 0. The molecule has 0 radical (unpaired) electrons. The normalized spacial score (nSPS) is 13.9. The maximum atomic E-state index is 3.47. The first-order chi connectivity index (χ1) is 5.16. The summed E-state index contributed by atoms with van der Waals surface area (Å²) in [5.74, 6) is 1.79. The largest absolute Gasteiger partial charge is 0.0928 e. The van der Waals surface area contributed by atoms with Gasteiger partial charge < -0.3 is 0 Å². The summed E-state index contributed by atoms with van der Waals surface area (Å²) >= 11 is 3.47. The number of halogens is 1. The van der Waals surface area contributed by atoms with Gasteiger partial charge in [-0.3, -0.25) is 0 Å². The van der Waals surface area contributed by atoms with Crippen molar-refractivity contribution in [3.8, 4) is 0 Å². The van der Waals surface area contributed by atoms with Crippen molar-refractivity contribution in [3.05, 3.63) is 0 Å². The molecule has 0 bridgehead atoms. The van der Waals surface area contributed by atoms with Crippen LogP contribution in [-0.2, 0) is 0 Å². The minimum Gasteiger partial charge on any atom is -0.0928 e. The third-order valence-corrected chi connectivity index (χ3v) is 2.54. The molecule has 68 valence electrons. The lowest BCUT2D eigenvalue weighted by atomic mass is 9.98. The molecule has 0 N–H and O–H groups in total. The number of hydrogen-bond donors (Lipinski definition) is 0. The van der Waals surface area contributed by atoms with Gasteiger partial charge in [-0.1, -0.05) is 56.0 Å². The molecule has 0 aliphatic heterocycles. The summed E-state index contributed by atoms with van der Waals surface area (Å²) in [5, 5.41) is 1.16. The Bertz CT molecular complexity index is 78.9. The van der Waals surface area contributed by atoms with Gasteiger partial charge >= 0.3 is 0 Å². The van der Waals surface area contributed by atoms with Crippen LogP contribution in [0.15, 0.2) is 0 Å². The van der Waals surface area contributed by atoms with E-state index >= 15 is 0 Å². The van der Waals surface area contributed by atoms with Crippen molar-refractivity contribution in [3.63, 3.8) is 0 Å². The molecule has 0 saturated carbocycles. The van der Waals surface area contributed by atoms with E-state index in [1.54, 1.807) is 0 Å². The Morgan fingerprint density at radius 1 is 1.00 bits per heavy atom. The van der Waals surface area contributed by atoms with Gasteiger partial charge in [0.25, 0.3) is 0 Å². The highest BCUT2D eigenvalue weighted by atomic mass is 79.9. The van der Waals surface area contributed by atoms with Crippen LogP contribution in [0.25, 0.3) is 0 Å². The average molecular weight is 221 g/mol. The molecule has 1 heteroatoms. The first kappa shape index (κ1) is 11.5. The van der Waals surface area contributed by atoms with Crippen LogP contribution in [0.1, 0.15) is 46.5 Å². The number of hydrogen-bond acceptors (Lipinski definition) is 0. The number of rotatable bonds is 6. The molecule has 0 aromatic rings. The van der Waals surface area contributed by atoms with E-state index in [1.807, 2.05) is 0 Å². The lowest BCUT2D eigenvalue weighted by Gasteiger charge is -2.09. The van der Waals surface area contributed by atoms with Crippen LogP contribution in [-0.4, -0.2) is 5.33 Å². The second kappa shape index (κ2) is 7.15. The molecule has 0 aromatic heterocycles. The van der Waals surface area contributed by atoms with Gasteiger partial charge in [0.05, 0.1) is 0 Å². The van der Waals surface area contributed by atoms with Crippen molar-refractivity contribution < 1.29 is 0 Å². The van der Waals surface area contributed by atoms with Crippen molar-refractivity contribution in [1.82, 2.24) is 0 Å². The Kier molecular flexibility index (Phi) is 7.46. The highest BCUT2D eigenvalue weighted by molar-refractivity contribution is 9.09. The Hall–Kier alpha value is 0.480. The van der Waals surface area contributed by atoms with Crippen LogP contribution < -0.4 is 0 Å². The van der Waals surface area contributed by atoms with Crippen molar-refractivity contribution in [2.45, 2.75) is 46.5 Å². The third-order valence-electron chi connectivity index (χ3n) is 2.08. The molecule has 0 saturated heterocycles. The highest BCUT2D eigenvalue weighted by Crippen LogP contribution is 2.15. The quantitative estimate of drug-likeness (QED) is 0.588. The first-order valence-electron chi connectivity index (χ1n) is 4.72. The molecule has 0 aromatic carbocycles. The molecular formula is C10H21Br. The second-order valence-corrected chi connectivity index (χ2v) is 4.70. The van der Waals surface area contributed by atoms with Gasteiger partial charge in [-0.15, -0.1) is 0 Å². The SMILES string of the molecule is CC(C)CCCC(C)CCBr. The summed E-state index contributed by atoms with van der Waals surface area (Å²) in [7, 11) is 0. The predicted molar refractivity (Wildman–Crippen MR) is 56.3 cm³/mol. The van der Waals surface area contributed by atoms with Gasteiger partial charge in [0.1, 0.15) is 0 Å². The zero-order valence-electron chi connectivity index (χ0n) is 8.07. The van der Waals surface area contributed by atoms with Crippen molar-refractivity contribution in [2.75, 3.05) is 5.33 Å².